The van der Waals surface area contributed by atoms with Gasteiger partial charge in [-0.1, -0.05) is 57.3 Å². The minimum atomic E-state index is -0.532. The average molecular weight is 482 g/mol. The predicted octanol–water partition coefficient (Wildman–Crippen LogP) is 5.34. The van der Waals surface area contributed by atoms with E-state index < -0.39 is 11.8 Å². The number of carbonyl (C=O) groups excluding carboxylic acids is 3. The third kappa shape index (κ3) is 2.79. The lowest BCUT2D eigenvalue weighted by Crippen LogP contribution is -2.20. The van der Waals surface area contributed by atoms with Crippen molar-refractivity contribution < 1.29 is 15.8 Å². The number of carbonyl (C=O) groups is 3. The molecule has 8 heteroatoms. The van der Waals surface area contributed by atoms with Crippen LogP contribution in [-0.2, 0) is 6.54 Å². The number of hydrogen-bond donors (Lipinski definition) is 1. The maximum atomic E-state index is 12.6. The number of rotatable bonds is 5. The molecule has 0 spiro atoms. The Labute approximate surface area is 180 Å². The van der Waals surface area contributed by atoms with E-state index in [1.54, 1.807) is 34.9 Å². The fraction of sp³-hybridized carbons (Fsp3) is 0.150. The van der Waals surface area contributed by atoms with Crippen LogP contribution in [0.25, 0.3) is 22.0 Å². The van der Waals surface area contributed by atoms with E-state index in [-0.39, 0.29) is 23.3 Å². The minimum Gasteiger partial charge on any atom is -0.337 e. The molecule has 0 bridgehead atoms. The van der Waals surface area contributed by atoms with Crippen LogP contribution in [0.15, 0.2) is 30.3 Å². The lowest BCUT2D eigenvalue weighted by atomic mass is 9.94. The number of nitrogens with one attached hydrogen (secondary N) is 1. The SMILES string of the molecule is O=Cc1c(Cl)c2c3c(c(-c4ccccc4Cl)cc2n1CCCBr)C(=O)NC3=O.[HH]. The van der Waals surface area contributed by atoms with Crippen molar-refractivity contribution in [2.75, 3.05) is 5.33 Å². The van der Waals surface area contributed by atoms with Crippen molar-refractivity contribution in [3.05, 3.63) is 57.2 Å². The normalized spacial score (nSPS) is 13.1. The van der Waals surface area contributed by atoms with Gasteiger partial charge < -0.3 is 4.57 Å². The molecule has 0 atom stereocenters. The van der Waals surface area contributed by atoms with E-state index in [1.807, 2.05) is 0 Å². The highest BCUT2D eigenvalue weighted by molar-refractivity contribution is 9.09. The van der Waals surface area contributed by atoms with Crippen molar-refractivity contribution in [3.8, 4) is 11.1 Å². The molecule has 0 radical (unpaired) electrons. The van der Waals surface area contributed by atoms with E-state index in [4.69, 9.17) is 23.2 Å². The van der Waals surface area contributed by atoms with Crippen molar-refractivity contribution >= 4 is 68.1 Å². The lowest BCUT2D eigenvalue weighted by molar-refractivity contribution is 0.0880. The summed E-state index contributed by atoms with van der Waals surface area (Å²) >= 11 is 16.2. The van der Waals surface area contributed by atoms with Gasteiger partial charge in [-0.25, -0.2) is 0 Å². The van der Waals surface area contributed by atoms with Crippen molar-refractivity contribution in [3.63, 3.8) is 0 Å². The number of amides is 2. The van der Waals surface area contributed by atoms with E-state index >= 15 is 0 Å². The predicted molar refractivity (Wildman–Crippen MR) is 115 cm³/mol. The molecule has 1 aliphatic heterocycles. The van der Waals surface area contributed by atoms with Gasteiger partial charge in [0.05, 0.1) is 21.7 Å². The second-order valence-corrected chi connectivity index (χ2v) is 7.92. The van der Waals surface area contributed by atoms with E-state index in [1.165, 1.54) is 0 Å². The molecule has 2 heterocycles. The first-order chi connectivity index (χ1) is 13.5. The van der Waals surface area contributed by atoms with Gasteiger partial charge >= 0.3 is 0 Å². The van der Waals surface area contributed by atoms with Crippen molar-refractivity contribution in [2.45, 2.75) is 13.0 Å². The number of benzene rings is 2. The quantitative estimate of drug-likeness (QED) is 0.303. The van der Waals surface area contributed by atoms with Crippen LogP contribution < -0.4 is 5.32 Å². The summed E-state index contributed by atoms with van der Waals surface area (Å²) in [5, 5.41) is 4.11. The van der Waals surface area contributed by atoms with Crippen LogP contribution in [0.3, 0.4) is 0 Å². The summed E-state index contributed by atoms with van der Waals surface area (Å²) in [7, 11) is 0. The highest BCUT2D eigenvalue weighted by atomic mass is 79.9. The number of alkyl halides is 1. The maximum Gasteiger partial charge on any atom is 0.259 e. The van der Waals surface area contributed by atoms with Gasteiger partial charge in [0, 0.05) is 29.3 Å². The summed E-state index contributed by atoms with van der Waals surface area (Å²) in [5.74, 6) is -1.04. The van der Waals surface area contributed by atoms with E-state index in [0.29, 0.717) is 39.9 Å². The van der Waals surface area contributed by atoms with Gasteiger partial charge in [-0.2, -0.15) is 0 Å². The second-order valence-electron chi connectivity index (χ2n) is 6.34. The van der Waals surface area contributed by atoms with Gasteiger partial charge in [-0.3, -0.25) is 19.7 Å². The zero-order valence-corrected chi connectivity index (χ0v) is 17.5. The van der Waals surface area contributed by atoms with Crippen molar-refractivity contribution in [1.82, 2.24) is 9.88 Å². The van der Waals surface area contributed by atoms with Crippen LogP contribution in [0.1, 0.15) is 39.1 Å². The highest BCUT2D eigenvalue weighted by Gasteiger charge is 2.35. The van der Waals surface area contributed by atoms with Gasteiger partial charge in [-0.15, -0.1) is 0 Å². The molecule has 0 unspecified atom stereocenters. The summed E-state index contributed by atoms with van der Waals surface area (Å²) in [6, 6.07) is 8.88. The lowest BCUT2D eigenvalue weighted by Gasteiger charge is -2.12. The standard InChI is InChI=1S/C20H13BrCl2N2O3.H2/c21-6-3-7-25-13-8-11(10-4-1-2-5-12(10)22)15-17(20(28)24-19(15)27)16(13)18(23)14(25)9-26;/h1-2,4-5,8-9H,3,6-7H2,(H,24,27,28);1H. The Morgan fingerprint density at radius 2 is 1.82 bits per heavy atom. The molecule has 2 amide bonds. The Balaban J connectivity index is 0.00000240. The molecule has 1 aromatic heterocycles. The largest absolute Gasteiger partial charge is 0.337 e. The van der Waals surface area contributed by atoms with E-state index in [0.717, 1.165) is 11.8 Å². The summed E-state index contributed by atoms with van der Waals surface area (Å²) in [5.41, 5.74) is 2.47. The molecule has 0 saturated carbocycles. The van der Waals surface area contributed by atoms with Crippen LogP contribution in [0.4, 0.5) is 0 Å². The van der Waals surface area contributed by atoms with Gasteiger partial charge in [0.2, 0.25) is 0 Å². The molecule has 0 fully saturated rings. The first-order valence-corrected chi connectivity index (χ1v) is 10.4. The Morgan fingerprint density at radius 3 is 2.50 bits per heavy atom. The van der Waals surface area contributed by atoms with Gasteiger partial charge in [0.15, 0.2) is 6.29 Å². The average Bonchev–Trinajstić information content (AvgIpc) is 3.13. The van der Waals surface area contributed by atoms with E-state index in [9.17, 15) is 14.4 Å². The Morgan fingerprint density at radius 1 is 1.11 bits per heavy atom. The number of halogens is 3. The van der Waals surface area contributed by atoms with Gasteiger partial charge in [0.25, 0.3) is 11.8 Å². The highest BCUT2D eigenvalue weighted by Crippen LogP contribution is 2.42. The number of imide groups is 1. The smallest absolute Gasteiger partial charge is 0.259 e. The second kappa shape index (κ2) is 7.35. The fourth-order valence-corrected chi connectivity index (χ4v) is 4.46. The molecule has 28 heavy (non-hydrogen) atoms. The number of nitrogens with zero attached hydrogens (tertiary/aromatic N) is 1. The first kappa shape index (κ1) is 19.2. The number of aldehydes is 1. The Hall–Kier alpha value is -2.15. The van der Waals surface area contributed by atoms with Crippen LogP contribution in [0.2, 0.25) is 10.0 Å². The summed E-state index contributed by atoms with van der Waals surface area (Å²) in [6.45, 7) is 0.527. The molecule has 4 rings (SSSR count). The van der Waals surface area contributed by atoms with Crippen molar-refractivity contribution in [2.24, 2.45) is 0 Å². The number of fused-ring (bicyclic) bond motifs is 3. The van der Waals surface area contributed by atoms with Crippen LogP contribution >= 0.6 is 39.1 Å². The van der Waals surface area contributed by atoms with Gasteiger partial charge in [-0.05, 0) is 24.1 Å². The zero-order valence-electron chi connectivity index (χ0n) is 14.4. The molecule has 1 aliphatic rings. The Kier molecular flexibility index (Phi) is 5.04. The summed E-state index contributed by atoms with van der Waals surface area (Å²) < 4.78 is 1.78. The van der Waals surface area contributed by atoms with Crippen LogP contribution in [0.5, 0.6) is 0 Å². The number of aryl methyl sites for hydroxylation is 1. The third-order valence-corrected chi connectivity index (χ3v) is 6.08. The minimum absolute atomic E-state index is 0. The topological polar surface area (TPSA) is 68.2 Å². The molecule has 0 saturated heterocycles. The van der Waals surface area contributed by atoms with Crippen LogP contribution in [0, 0.1) is 0 Å². The third-order valence-electron chi connectivity index (χ3n) is 4.80. The maximum absolute atomic E-state index is 12.6. The number of hydrogen-bond acceptors (Lipinski definition) is 3. The molecule has 3 aromatic rings. The molecule has 0 aliphatic carbocycles. The molecule has 2 aromatic carbocycles. The molecule has 1 N–H and O–H groups in total. The summed E-state index contributed by atoms with van der Waals surface area (Å²) in [4.78, 5) is 36.9. The first-order valence-electron chi connectivity index (χ1n) is 8.50. The van der Waals surface area contributed by atoms with Gasteiger partial charge in [0.1, 0.15) is 5.69 Å². The molecular formula is C20H15BrCl2N2O3. The van der Waals surface area contributed by atoms with Crippen LogP contribution in [-0.4, -0.2) is 28.0 Å². The zero-order chi connectivity index (χ0) is 20.0. The Bertz CT molecular complexity index is 1180. The van der Waals surface area contributed by atoms with Crippen molar-refractivity contribution in [1.29, 1.82) is 0 Å². The molecule has 144 valence electrons. The fourth-order valence-electron chi connectivity index (χ4n) is 3.64. The number of aromatic nitrogens is 1. The van der Waals surface area contributed by atoms with E-state index in [2.05, 4.69) is 21.2 Å². The molecular weight excluding hydrogens is 467 g/mol. The summed E-state index contributed by atoms with van der Waals surface area (Å²) in [6.07, 6.45) is 1.43. The monoisotopic (exact) mass is 480 g/mol. The molecule has 5 nitrogen and oxygen atoms in total.